The predicted molar refractivity (Wildman–Crippen MR) is 26.1 cm³/mol. The Kier molecular flexibility index (Phi) is 8.47. The van der Waals surface area contributed by atoms with Crippen LogP contribution in [0.2, 0.25) is 0 Å². The fraction of sp³-hybridized carbons (Fsp3) is 0.400. The Hall–Kier alpha value is -0.0826. The zero-order chi connectivity index (χ0) is 4.99. The molecule has 1 nitrogen and oxygen atoms in total. The van der Waals surface area contributed by atoms with Gasteiger partial charge in [-0.15, -0.1) is 6.20 Å². The monoisotopic (exact) mass is 89.1 g/mol. The van der Waals surface area contributed by atoms with E-state index >= 15 is 0 Å². The molecule has 0 heterocycles. The molecule has 0 aromatic carbocycles. The summed E-state index contributed by atoms with van der Waals surface area (Å²) in [5.74, 6) is 0. The van der Waals surface area contributed by atoms with Crippen LogP contribution in [0.5, 0.6) is 0 Å². The van der Waals surface area contributed by atoms with Crippen molar-refractivity contribution in [2.24, 2.45) is 0 Å². The molecular formula is C5H8LiN. The summed E-state index contributed by atoms with van der Waals surface area (Å²) >= 11 is 0. The molecule has 0 aliphatic carbocycles. The van der Waals surface area contributed by atoms with Gasteiger partial charge >= 0.3 is 18.9 Å². The first-order chi connectivity index (χ1) is 2.77. The summed E-state index contributed by atoms with van der Waals surface area (Å²) in [6.45, 7) is 3.32. The van der Waals surface area contributed by atoms with Crippen LogP contribution in [0.3, 0.4) is 0 Å². The second-order valence-electron chi connectivity index (χ2n) is 1.18. The van der Waals surface area contributed by atoms with Crippen LogP contribution in [-0.4, -0.2) is 19.0 Å². The normalized spacial score (nSPS) is 5.43. The third-order valence-electron chi connectivity index (χ3n) is 0.303. The zero-order valence-electron chi connectivity index (χ0n) is 5.15. The number of hydrogen-bond donors (Lipinski definition) is 0. The largest absolute Gasteiger partial charge is 1.00 e. The standard InChI is InChI=1S/C5H8N.Li/c1-4-5-6(2)3;/h1H2,2-3H3;/q-1;+1. The maximum absolute atomic E-state index is 3.32. The maximum atomic E-state index is 3.32. The van der Waals surface area contributed by atoms with E-state index in [0.29, 0.717) is 0 Å². The molecule has 0 aromatic heterocycles. The van der Waals surface area contributed by atoms with Gasteiger partial charge in [-0.3, -0.25) is 0 Å². The van der Waals surface area contributed by atoms with E-state index in [9.17, 15) is 0 Å². The molecular weight excluding hydrogens is 81.0 g/mol. The summed E-state index contributed by atoms with van der Waals surface area (Å²) in [6, 6.07) is 0. The van der Waals surface area contributed by atoms with Gasteiger partial charge in [0.1, 0.15) is 0 Å². The van der Waals surface area contributed by atoms with E-state index in [1.54, 1.807) is 4.90 Å². The van der Waals surface area contributed by atoms with Crippen LogP contribution >= 0.6 is 0 Å². The van der Waals surface area contributed by atoms with Gasteiger partial charge < -0.3 is 10.6 Å². The van der Waals surface area contributed by atoms with Crippen molar-refractivity contribution in [3.05, 3.63) is 18.5 Å². The van der Waals surface area contributed by atoms with Crippen molar-refractivity contribution in [3.63, 3.8) is 0 Å². The molecule has 0 atom stereocenters. The van der Waals surface area contributed by atoms with Crippen molar-refractivity contribution in [1.82, 2.24) is 4.90 Å². The first kappa shape index (κ1) is 10.0. The van der Waals surface area contributed by atoms with Gasteiger partial charge in [-0.2, -0.15) is 0 Å². The molecule has 0 bridgehead atoms. The summed E-state index contributed by atoms with van der Waals surface area (Å²) in [5.41, 5.74) is 2.49. The summed E-state index contributed by atoms with van der Waals surface area (Å²) in [5, 5.41) is 0. The predicted octanol–water partition coefficient (Wildman–Crippen LogP) is -2.35. The molecule has 0 aliphatic heterocycles. The fourth-order valence-electron chi connectivity index (χ4n) is 0.158. The molecule has 0 amide bonds. The first-order valence-electron chi connectivity index (χ1n) is 1.72. The third-order valence-corrected chi connectivity index (χ3v) is 0.303. The van der Waals surface area contributed by atoms with Gasteiger partial charge in [0.25, 0.3) is 0 Å². The quantitative estimate of drug-likeness (QED) is 0.150. The molecule has 0 aliphatic rings. The zero-order valence-corrected chi connectivity index (χ0v) is 5.15. The van der Waals surface area contributed by atoms with Gasteiger partial charge in [-0.05, 0) is 14.1 Å². The van der Waals surface area contributed by atoms with Crippen LogP contribution < -0.4 is 18.9 Å². The van der Waals surface area contributed by atoms with Gasteiger partial charge in [0.15, 0.2) is 0 Å². The van der Waals surface area contributed by atoms with Crippen molar-refractivity contribution >= 4 is 0 Å². The summed E-state index contributed by atoms with van der Waals surface area (Å²) in [7, 11) is 3.75. The van der Waals surface area contributed by atoms with Crippen LogP contribution in [0.25, 0.3) is 0 Å². The van der Waals surface area contributed by atoms with E-state index < -0.39 is 0 Å². The van der Waals surface area contributed by atoms with Gasteiger partial charge in [-0.25, -0.2) is 6.58 Å². The minimum Gasteiger partial charge on any atom is -0.461 e. The molecule has 0 saturated carbocycles. The van der Waals surface area contributed by atoms with Crippen molar-refractivity contribution in [3.8, 4) is 0 Å². The summed E-state index contributed by atoms with van der Waals surface area (Å²) in [4.78, 5) is 1.76. The van der Waals surface area contributed by atoms with Crippen molar-refractivity contribution in [2.75, 3.05) is 14.1 Å². The molecule has 34 valence electrons. The SMILES string of the molecule is C=C=[C-]N(C)C.[Li+]. The summed E-state index contributed by atoms with van der Waals surface area (Å²) < 4.78 is 0. The van der Waals surface area contributed by atoms with E-state index in [1.807, 2.05) is 14.1 Å². The number of hydrogen-bond acceptors (Lipinski definition) is 1. The van der Waals surface area contributed by atoms with E-state index in [-0.39, 0.29) is 18.9 Å². The minimum atomic E-state index is 0. The maximum Gasteiger partial charge on any atom is 1.00 e. The van der Waals surface area contributed by atoms with E-state index in [4.69, 9.17) is 0 Å². The topological polar surface area (TPSA) is 3.24 Å². The Labute approximate surface area is 56.9 Å². The second kappa shape index (κ2) is 5.92. The number of rotatable bonds is 1. The van der Waals surface area contributed by atoms with Crippen LogP contribution in [0.4, 0.5) is 0 Å². The van der Waals surface area contributed by atoms with Crippen molar-refractivity contribution < 1.29 is 18.9 Å². The average molecular weight is 89.1 g/mol. The molecule has 7 heavy (non-hydrogen) atoms. The van der Waals surface area contributed by atoms with Gasteiger partial charge in [0.05, 0.1) is 0 Å². The molecule has 0 unspecified atom stereocenters. The minimum absolute atomic E-state index is 0. The molecule has 0 spiro atoms. The van der Waals surface area contributed by atoms with Crippen molar-refractivity contribution in [1.29, 1.82) is 0 Å². The molecule has 0 saturated heterocycles. The molecule has 0 rings (SSSR count). The third kappa shape index (κ3) is 10.7. The summed E-state index contributed by atoms with van der Waals surface area (Å²) in [6.07, 6.45) is 2.68. The van der Waals surface area contributed by atoms with Crippen LogP contribution in [0.15, 0.2) is 12.3 Å². The molecule has 0 fully saturated rings. The van der Waals surface area contributed by atoms with Gasteiger partial charge in [-0.1, -0.05) is 0 Å². The Morgan fingerprint density at radius 3 is 2.00 bits per heavy atom. The fourth-order valence-corrected chi connectivity index (χ4v) is 0.158. The van der Waals surface area contributed by atoms with Gasteiger partial charge in [0.2, 0.25) is 0 Å². The molecule has 0 radical (unpaired) electrons. The molecule has 0 aromatic rings. The van der Waals surface area contributed by atoms with Crippen molar-refractivity contribution in [2.45, 2.75) is 0 Å². The van der Waals surface area contributed by atoms with E-state index in [1.165, 1.54) is 0 Å². The van der Waals surface area contributed by atoms with Crippen LogP contribution in [0, 0.1) is 6.20 Å². The molecule has 0 N–H and O–H groups in total. The van der Waals surface area contributed by atoms with E-state index in [0.717, 1.165) is 0 Å². The Bertz CT molecular complexity index is 72.1. The average Bonchev–Trinajstić information content (AvgIpc) is 1.35. The Morgan fingerprint density at radius 2 is 2.00 bits per heavy atom. The van der Waals surface area contributed by atoms with Crippen LogP contribution in [0.1, 0.15) is 0 Å². The number of nitrogens with zero attached hydrogens (tertiary/aromatic N) is 1. The second-order valence-corrected chi connectivity index (χ2v) is 1.18. The van der Waals surface area contributed by atoms with E-state index in [2.05, 4.69) is 18.5 Å². The van der Waals surface area contributed by atoms with Crippen LogP contribution in [-0.2, 0) is 0 Å². The molecule has 2 heteroatoms. The van der Waals surface area contributed by atoms with Gasteiger partial charge in [0, 0.05) is 0 Å². The Balaban J connectivity index is 0. The Morgan fingerprint density at radius 1 is 1.57 bits per heavy atom. The first-order valence-corrected chi connectivity index (χ1v) is 1.72. The smallest absolute Gasteiger partial charge is 0.461 e.